The molecule has 2 fully saturated rings. The molecular formula is C12H16N2O3S. The van der Waals surface area contributed by atoms with Gasteiger partial charge in [0, 0.05) is 12.5 Å². The second-order valence-corrected chi connectivity index (χ2v) is 5.63. The predicted molar refractivity (Wildman–Crippen MR) is 66.5 cm³/mol. The maximum Gasteiger partial charge on any atom is 0.323 e. The Morgan fingerprint density at radius 3 is 2.94 bits per heavy atom. The van der Waals surface area contributed by atoms with Crippen LogP contribution in [0.15, 0.2) is 0 Å². The molecule has 5 nitrogen and oxygen atoms in total. The Bertz CT molecular complexity index is 389. The van der Waals surface area contributed by atoms with E-state index in [4.69, 9.17) is 10.00 Å². The first-order valence-corrected chi connectivity index (χ1v) is 7.21. The molecule has 0 spiro atoms. The highest BCUT2D eigenvalue weighted by Crippen LogP contribution is 2.39. The van der Waals surface area contributed by atoms with E-state index < -0.39 is 11.9 Å². The lowest BCUT2D eigenvalue weighted by Crippen LogP contribution is -2.36. The molecule has 2 unspecified atom stereocenters. The smallest absolute Gasteiger partial charge is 0.323 e. The molecule has 6 heteroatoms. The minimum atomic E-state index is -0.769. The van der Waals surface area contributed by atoms with E-state index in [2.05, 4.69) is 0 Å². The fraction of sp³-hybridized carbons (Fsp3) is 0.750. The molecule has 0 radical (unpaired) electrons. The summed E-state index contributed by atoms with van der Waals surface area (Å²) in [5, 5.41) is 8.98. The summed E-state index contributed by atoms with van der Waals surface area (Å²) in [5.74, 6) is -0.652. The van der Waals surface area contributed by atoms with Crippen LogP contribution in [0, 0.1) is 17.2 Å². The molecular weight excluding hydrogens is 252 g/mol. The molecule has 0 aromatic rings. The maximum atomic E-state index is 11.7. The summed E-state index contributed by atoms with van der Waals surface area (Å²) in [6.07, 6.45) is 2.46. The Balaban J connectivity index is 1.96. The summed E-state index contributed by atoms with van der Waals surface area (Å²) < 4.78 is 4.87. The number of carbonyl (C=O) groups is 2. The van der Waals surface area contributed by atoms with E-state index in [0.29, 0.717) is 18.2 Å². The topological polar surface area (TPSA) is 70.4 Å². The average molecular weight is 268 g/mol. The Labute approximate surface area is 110 Å². The molecule has 1 saturated carbocycles. The molecule has 1 aliphatic heterocycles. The van der Waals surface area contributed by atoms with Gasteiger partial charge in [0.1, 0.15) is 5.92 Å². The number of amides is 1. The molecule has 2 aliphatic rings. The minimum absolute atomic E-state index is 0.0425. The number of hydrogen-bond acceptors (Lipinski definition) is 5. The molecule has 18 heavy (non-hydrogen) atoms. The van der Waals surface area contributed by atoms with Gasteiger partial charge in [-0.3, -0.25) is 9.59 Å². The van der Waals surface area contributed by atoms with Crippen molar-refractivity contribution in [2.24, 2.45) is 5.92 Å². The molecule has 1 amide bonds. The first-order chi connectivity index (χ1) is 8.67. The SMILES string of the molecule is CCOC(=O)C(C#N)CC1SCC(=O)N1C1CC1. The van der Waals surface area contributed by atoms with E-state index in [9.17, 15) is 9.59 Å². The number of nitriles is 1. The van der Waals surface area contributed by atoms with Gasteiger partial charge in [-0.2, -0.15) is 5.26 Å². The van der Waals surface area contributed by atoms with Gasteiger partial charge in [-0.25, -0.2) is 0 Å². The molecule has 1 saturated heterocycles. The monoisotopic (exact) mass is 268 g/mol. The van der Waals surface area contributed by atoms with Gasteiger partial charge in [-0.1, -0.05) is 0 Å². The van der Waals surface area contributed by atoms with Crippen molar-refractivity contribution >= 4 is 23.6 Å². The highest BCUT2D eigenvalue weighted by molar-refractivity contribution is 8.01. The fourth-order valence-electron chi connectivity index (χ4n) is 2.10. The van der Waals surface area contributed by atoms with Gasteiger partial charge in [0.05, 0.1) is 23.8 Å². The van der Waals surface area contributed by atoms with Crippen LogP contribution in [0.25, 0.3) is 0 Å². The van der Waals surface area contributed by atoms with Gasteiger partial charge in [0.25, 0.3) is 0 Å². The van der Waals surface area contributed by atoms with Crippen LogP contribution < -0.4 is 0 Å². The largest absolute Gasteiger partial charge is 0.465 e. The molecule has 98 valence electrons. The Morgan fingerprint density at radius 2 is 2.39 bits per heavy atom. The summed E-state index contributed by atoms with van der Waals surface area (Å²) in [6, 6.07) is 2.31. The summed E-state index contributed by atoms with van der Waals surface area (Å²) in [5.41, 5.74) is 0. The van der Waals surface area contributed by atoms with Gasteiger partial charge in [-0.15, -0.1) is 11.8 Å². The Hall–Kier alpha value is -1.22. The van der Waals surface area contributed by atoms with Crippen molar-refractivity contribution in [1.82, 2.24) is 4.90 Å². The van der Waals surface area contributed by atoms with Gasteiger partial charge in [-0.05, 0) is 19.8 Å². The zero-order valence-electron chi connectivity index (χ0n) is 10.3. The second kappa shape index (κ2) is 5.61. The maximum absolute atomic E-state index is 11.7. The quantitative estimate of drug-likeness (QED) is 0.699. The van der Waals surface area contributed by atoms with Crippen molar-refractivity contribution in [3.8, 4) is 6.07 Å². The molecule has 0 bridgehead atoms. The molecule has 2 atom stereocenters. The fourth-order valence-corrected chi connectivity index (χ4v) is 3.36. The Kier molecular flexibility index (Phi) is 4.12. The summed E-state index contributed by atoms with van der Waals surface area (Å²) in [6.45, 7) is 2.00. The van der Waals surface area contributed by atoms with Crippen LogP contribution in [0.3, 0.4) is 0 Å². The lowest BCUT2D eigenvalue weighted by atomic mass is 10.1. The first kappa shape index (κ1) is 13.2. The number of esters is 1. The number of thioether (sulfide) groups is 1. The highest BCUT2D eigenvalue weighted by Gasteiger charge is 2.43. The zero-order chi connectivity index (χ0) is 13.1. The lowest BCUT2D eigenvalue weighted by molar-refractivity contribution is -0.146. The Morgan fingerprint density at radius 1 is 1.67 bits per heavy atom. The molecule has 2 rings (SSSR count). The van der Waals surface area contributed by atoms with Crippen molar-refractivity contribution in [2.75, 3.05) is 12.4 Å². The minimum Gasteiger partial charge on any atom is -0.465 e. The van der Waals surface area contributed by atoms with Crippen LogP contribution in [0.2, 0.25) is 0 Å². The average Bonchev–Trinajstić information content (AvgIpc) is 3.11. The van der Waals surface area contributed by atoms with E-state index in [-0.39, 0.29) is 17.9 Å². The summed E-state index contributed by atoms with van der Waals surface area (Å²) in [7, 11) is 0. The van der Waals surface area contributed by atoms with Crippen molar-refractivity contribution in [3.63, 3.8) is 0 Å². The van der Waals surface area contributed by atoms with Crippen LogP contribution in [-0.2, 0) is 14.3 Å². The van der Waals surface area contributed by atoms with E-state index >= 15 is 0 Å². The van der Waals surface area contributed by atoms with Crippen LogP contribution in [0.1, 0.15) is 26.2 Å². The summed E-state index contributed by atoms with van der Waals surface area (Å²) in [4.78, 5) is 25.2. The lowest BCUT2D eigenvalue weighted by Gasteiger charge is -2.24. The van der Waals surface area contributed by atoms with Crippen LogP contribution in [0.5, 0.6) is 0 Å². The number of hydrogen-bond donors (Lipinski definition) is 0. The number of ether oxygens (including phenoxy) is 1. The van der Waals surface area contributed by atoms with Gasteiger partial charge in [0.15, 0.2) is 0 Å². The van der Waals surface area contributed by atoms with E-state index in [1.807, 2.05) is 11.0 Å². The van der Waals surface area contributed by atoms with Crippen molar-refractivity contribution < 1.29 is 14.3 Å². The third-order valence-corrected chi connectivity index (χ3v) is 4.32. The normalized spacial score (nSPS) is 24.8. The number of rotatable bonds is 5. The molecule has 1 heterocycles. The van der Waals surface area contributed by atoms with E-state index in [0.717, 1.165) is 12.8 Å². The molecule has 0 aromatic carbocycles. The second-order valence-electron chi connectivity index (χ2n) is 4.47. The van der Waals surface area contributed by atoms with Gasteiger partial charge in [0.2, 0.25) is 5.91 Å². The third-order valence-electron chi connectivity index (χ3n) is 3.10. The molecule has 1 aliphatic carbocycles. The summed E-state index contributed by atoms with van der Waals surface area (Å²) >= 11 is 1.52. The van der Waals surface area contributed by atoms with Crippen LogP contribution in [-0.4, -0.2) is 40.6 Å². The van der Waals surface area contributed by atoms with Crippen LogP contribution >= 0.6 is 11.8 Å². The van der Waals surface area contributed by atoms with Gasteiger partial charge >= 0.3 is 5.97 Å². The van der Waals surface area contributed by atoms with E-state index in [1.54, 1.807) is 6.92 Å². The molecule has 0 aromatic heterocycles. The van der Waals surface area contributed by atoms with Crippen molar-refractivity contribution in [3.05, 3.63) is 0 Å². The van der Waals surface area contributed by atoms with Crippen molar-refractivity contribution in [1.29, 1.82) is 5.26 Å². The van der Waals surface area contributed by atoms with Crippen LogP contribution in [0.4, 0.5) is 0 Å². The zero-order valence-corrected chi connectivity index (χ0v) is 11.1. The number of nitrogens with zero attached hydrogens (tertiary/aromatic N) is 2. The first-order valence-electron chi connectivity index (χ1n) is 6.16. The van der Waals surface area contributed by atoms with Crippen molar-refractivity contribution in [2.45, 2.75) is 37.6 Å². The molecule has 0 N–H and O–H groups in total. The highest BCUT2D eigenvalue weighted by atomic mass is 32.2. The predicted octanol–water partition coefficient (Wildman–Crippen LogP) is 1.14. The third kappa shape index (κ3) is 2.78. The standard InChI is InChI=1S/C12H16N2O3S/c1-2-17-12(16)8(6-13)5-11-14(9-3-4-9)10(15)7-18-11/h8-9,11H,2-5,7H2,1H3. The number of carbonyl (C=O) groups excluding carboxylic acids is 2. The van der Waals surface area contributed by atoms with Gasteiger partial charge < -0.3 is 9.64 Å². The van der Waals surface area contributed by atoms with E-state index in [1.165, 1.54) is 11.8 Å².